The Labute approximate surface area is 239 Å². The summed E-state index contributed by atoms with van der Waals surface area (Å²) in [5.74, 6) is 0.576. The van der Waals surface area contributed by atoms with E-state index >= 15 is 0 Å². The van der Waals surface area contributed by atoms with Crippen molar-refractivity contribution in [2.24, 2.45) is 5.92 Å². The fraction of sp³-hybridized carbons (Fsp3) is 0.364. The summed E-state index contributed by atoms with van der Waals surface area (Å²) >= 11 is -2.29. The smallest absolute Gasteiger partial charge is 1.00 e. The van der Waals surface area contributed by atoms with E-state index in [2.05, 4.69) is 89.4 Å². The van der Waals surface area contributed by atoms with Crippen molar-refractivity contribution in [2.45, 2.75) is 72.6 Å². The molecule has 2 aromatic carbocycles. The summed E-state index contributed by atoms with van der Waals surface area (Å²) in [6, 6.07) is 11.8. The van der Waals surface area contributed by atoms with Gasteiger partial charge in [0.1, 0.15) is 0 Å². The molecule has 1 unspecified atom stereocenters. The number of halogens is 2. The minimum absolute atomic E-state index is 0. The Balaban J connectivity index is 0.00000228. The third-order valence-corrected chi connectivity index (χ3v) is 15.8. The molecule has 0 nitrogen and oxygen atoms in total. The van der Waals surface area contributed by atoms with Crippen molar-refractivity contribution in [3.63, 3.8) is 0 Å². The van der Waals surface area contributed by atoms with Crippen LogP contribution in [0.4, 0.5) is 0 Å². The van der Waals surface area contributed by atoms with Crippen molar-refractivity contribution in [3.8, 4) is 11.1 Å². The maximum Gasteiger partial charge on any atom is -1.00 e. The minimum atomic E-state index is -2.29. The summed E-state index contributed by atoms with van der Waals surface area (Å²) in [5.41, 5.74) is 9.89. The molecule has 0 saturated carbocycles. The predicted octanol–water partition coefficient (Wildman–Crippen LogP) is 2.83. The zero-order chi connectivity index (χ0) is 24.2. The van der Waals surface area contributed by atoms with Crippen LogP contribution in [0.25, 0.3) is 23.3 Å². The molecule has 2 aromatic rings. The molecule has 0 aliphatic heterocycles. The minimum Gasteiger partial charge on any atom is -1.00 e. The van der Waals surface area contributed by atoms with E-state index in [1.165, 1.54) is 71.9 Å². The predicted molar refractivity (Wildman–Crippen MR) is 150 cm³/mol. The second kappa shape index (κ2) is 14.0. The van der Waals surface area contributed by atoms with E-state index in [-0.39, 0.29) is 24.8 Å². The van der Waals surface area contributed by atoms with Crippen LogP contribution in [0, 0.1) is 5.92 Å². The first-order valence-electron chi connectivity index (χ1n) is 13.2. The maximum atomic E-state index is 4.19. The van der Waals surface area contributed by atoms with Crippen LogP contribution in [0.15, 0.2) is 64.5 Å². The van der Waals surface area contributed by atoms with Crippen LogP contribution in [-0.4, -0.2) is 3.21 Å². The Morgan fingerprint density at radius 1 is 0.944 bits per heavy atom. The zero-order valence-corrected chi connectivity index (χ0v) is 26.4. The van der Waals surface area contributed by atoms with Crippen LogP contribution in [-0.2, 0) is 27.7 Å². The average molecular weight is 599 g/mol. The van der Waals surface area contributed by atoms with Gasteiger partial charge in [-0.15, -0.1) is 0 Å². The molecule has 36 heavy (non-hydrogen) atoms. The molecule has 0 bridgehead atoms. The fourth-order valence-corrected chi connectivity index (χ4v) is 14.8. The number of benzene rings is 2. The van der Waals surface area contributed by atoms with Crippen molar-refractivity contribution in [2.75, 3.05) is 0 Å². The first-order valence-corrected chi connectivity index (χ1v) is 16.9. The Morgan fingerprint density at radius 2 is 1.58 bits per heavy atom. The summed E-state index contributed by atoms with van der Waals surface area (Å²) in [5, 5.41) is 0. The van der Waals surface area contributed by atoms with E-state index in [1.54, 1.807) is 12.1 Å². The second-order valence-corrected chi connectivity index (χ2v) is 16.4. The van der Waals surface area contributed by atoms with Gasteiger partial charge in [-0.3, -0.25) is 0 Å². The van der Waals surface area contributed by atoms with Gasteiger partial charge in [-0.2, -0.15) is 0 Å². The molecule has 0 fully saturated rings. The van der Waals surface area contributed by atoms with Crippen molar-refractivity contribution in [1.82, 2.24) is 0 Å². The van der Waals surface area contributed by atoms with Crippen LogP contribution >= 0.6 is 0 Å². The van der Waals surface area contributed by atoms with E-state index in [0.717, 1.165) is 6.42 Å². The number of unbranched alkanes of at least 4 members (excludes halogenated alkanes) is 2. The van der Waals surface area contributed by atoms with Gasteiger partial charge >= 0.3 is 216 Å². The normalized spacial score (nSPS) is 14.8. The van der Waals surface area contributed by atoms with E-state index in [1.807, 2.05) is 9.28 Å². The summed E-state index contributed by atoms with van der Waals surface area (Å²) < 4.78 is 5.43. The molecule has 1 atom stereocenters. The van der Waals surface area contributed by atoms with Gasteiger partial charge in [-0.25, -0.2) is 0 Å². The van der Waals surface area contributed by atoms with Crippen molar-refractivity contribution < 1.29 is 46.1 Å². The van der Waals surface area contributed by atoms with E-state index in [9.17, 15) is 0 Å². The van der Waals surface area contributed by atoms with E-state index in [0.29, 0.717) is 5.92 Å². The molecule has 2 aliphatic rings. The fourth-order valence-electron chi connectivity index (χ4n) is 5.70. The molecule has 0 saturated heterocycles. The topological polar surface area (TPSA) is 0 Å². The van der Waals surface area contributed by atoms with E-state index in [4.69, 9.17) is 0 Å². The standard InChI is InChI=1S/C17H13.C9H18.C7H9.2ClH.Zr/c1-3-12-5-7-14-11-15-8-6-13(4-2)10-17(15)16(14)9-12;1-3-5-7-9-8-6-4-2;1-6-3-4-7(2)5-6;;;/h3-7,9-10H,1-2,11H2;3-8H2,1-2H3;3,5,7H,1-2H3;2*1H;/q;;;;;+2/p-2. The summed E-state index contributed by atoms with van der Waals surface area (Å²) in [4.78, 5) is 0. The second-order valence-electron chi connectivity index (χ2n) is 10.1. The Bertz CT molecular complexity index is 1200. The molecule has 0 amide bonds. The molecular formula is C33H40Cl2Zr. The molecule has 3 heteroatoms. The first-order chi connectivity index (χ1) is 16.5. The van der Waals surface area contributed by atoms with Crippen LogP contribution in [0.5, 0.6) is 0 Å². The SMILES string of the molecule is C=Cc1ccc2c(c1)-c1cc(C=C)c[c]([Zr+2]([C]3=CC(C)=CC3C)=[C](CCCC)CCCC)c1C2.[Cl-].[Cl-]. The molecule has 0 heterocycles. The monoisotopic (exact) mass is 596 g/mol. The average Bonchev–Trinajstić information content (AvgIpc) is 3.38. The summed E-state index contributed by atoms with van der Waals surface area (Å²) in [6.07, 6.45) is 18.0. The van der Waals surface area contributed by atoms with Crippen molar-refractivity contribution >= 4 is 18.6 Å². The molecule has 0 aromatic heterocycles. The van der Waals surface area contributed by atoms with Gasteiger partial charge in [-0.05, 0) is 0 Å². The molecule has 0 N–H and O–H groups in total. The molecule has 4 rings (SSSR count). The third-order valence-electron chi connectivity index (χ3n) is 7.50. The van der Waals surface area contributed by atoms with E-state index < -0.39 is 21.3 Å². The molecule has 2 aliphatic carbocycles. The van der Waals surface area contributed by atoms with Crippen LogP contribution in [0.2, 0.25) is 0 Å². The van der Waals surface area contributed by atoms with Gasteiger partial charge in [-0.1, -0.05) is 0 Å². The quantitative estimate of drug-likeness (QED) is 0.337. The molecular weight excluding hydrogens is 558 g/mol. The number of rotatable bonds is 10. The van der Waals surface area contributed by atoms with Gasteiger partial charge in [0, 0.05) is 0 Å². The van der Waals surface area contributed by atoms with Crippen LogP contribution in [0.1, 0.15) is 88.5 Å². The Hall–Kier alpha value is -1.27. The number of hydrogen-bond donors (Lipinski definition) is 0. The number of hydrogen-bond acceptors (Lipinski definition) is 0. The molecule has 0 radical (unpaired) electrons. The summed E-state index contributed by atoms with van der Waals surface area (Å²) in [7, 11) is 0. The van der Waals surface area contributed by atoms with Crippen molar-refractivity contribution in [1.29, 1.82) is 0 Å². The van der Waals surface area contributed by atoms with Gasteiger partial charge < -0.3 is 24.8 Å². The largest absolute Gasteiger partial charge is 1.00 e. The van der Waals surface area contributed by atoms with Gasteiger partial charge in [0.25, 0.3) is 0 Å². The number of fused-ring (bicyclic) bond motifs is 3. The third kappa shape index (κ3) is 6.41. The van der Waals surface area contributed by atoms with Crippen molar-refractivity contribution in [3.05, 3.63) is 86.7 Å². The number of allylic oxidation sites excluding steroid dienone is 4. The Morgan fingerprint density at radius 3 is 2.14 bits per heavy atom. The molecule has 0 spiro atoms. The zero-order valence-electron chi connectivity index (χ0n) is 22.4. The maximum absolute atomic E-state index is 4.19. The van der Waals surface area contributed by atoms with Gasteiger partial charge in [0.15, 0.2) is 0 Å². The van der Waals surface area contributed by atoms with Crippen LogP contribution in [0.3, 0.4) is 0 Å². The Kier molecular flexibility index (Phi) is 12.1. The van der Waals surface area contributed by atoms with Gasteiger partial charge in [0.05, 0.1) is 0 Å². The van der Waals surface area contributed by atoms with Crippen LogP contribution < -0.4 is 28.1 Å². The van der Waals surface area contributed by atoms with Gasteiger partial charge in [0.2, 0.25) is 0 Å². The molecule has 190 valence electrons. The summed E-state index contributed by atoms with van der Waals surface area (Å²) in [6.45, 7) is 17.6. The first kappa shape index (κ1) is 31.0.